The lowest BCUT2D eigenvalue weighted by atomic mass is 9.96. The second-order valence-electron chi connectivity index (χ2n) is 8.00. The second kappa shape index (κ2) is 8.81. The van der Waals surface area contributed by atoms with E-state index in [1.807, 2.05) is 18.2 Å². The first-order valence-corrected chi connectivity index (χ1v) is 10.8. The molecule has 0 saturated carbocycles. The Bertz CT molecular complexity index is 1300. The van der Waals surface area contributed by atoms with Crippen molar-refractivity contribution < 1.29 is 9.18 Å². The third-order valence-electron chi connectivity index (χ3n) is 5.90. The van der Waals surface area contributed by atoms with Crippen LogP contribution in [-0.4, -0.2) is 43.8 Å². The van der Waals surface area contributed by atoms with E-state index in [2.05, 4.69) is 30.5 Å². The van der Waals surface area contributed by atoms with Gasteiger partial charge in [-0.3, -0.25) is 4.79 Å². The van der Waals surface area contributed by atoms with Crippen LogP contribution in [0.3, 0.4) is 0 Å². The first-order chi connectivity index (χ1) is 16.1. The molecule has 0 unspecified atom stereocenters. The number of nitrogens with one attached hydrogen (secondary N) is 1. The fourth-order valence-corrected chi connectivity index (χ4v) is 4.11. The van der Waals surface area contributed by atoms with E-state index < -0.39 is 0 Å². The van der Waals surface area contributed by atoms with E-state index in [1.165, 1.54) is 10.6 Å². The molecule has 9 nitrogen and oxygen atoms in total. The monoisotopic (exact) mass is 446 g/mol. The molecule has 0 bridgehead atoms. The molecule has 1 aromatic carbocycles. The normalized spacial score (nSPS) is 14.5. The number of fused-ring (bicyclic) bond motifs is 1. The minimum Gasteiger partial charge on any atom is -0.369 e. The molecule has 5 rings (SSSR count). The minimum absolute atomic E-state index is 0.0742. The molecule has 1 fully saturated rings. The van der Waals surface area contributed by atoms with Gasteiger partial charge in [0.05, 0.1) is 5.56 Å². The lowest BCUT2D eigenvalue weighted by Crippen LogP contribution is -2.39. The van der Waals surface area contributed by atoms with Gasteiger partial charge in [0.1, 0.15) is 17.5 Å². The molecule has 1 amide bonds. The molecule has 0 aliphatic carbocycles. The Morgan fingerprint density at radius 2 is 1.91 bits per heavy atom. The van der Waals surface area contributed by atoms with Crippen molar-refractivity contribution in [2.75, 3.05) is 23.3 Å². The molecular formula is C23H23FN8O. The zero-order valence-corrected chi connectivity index (χ0v) is 17.9. The molecule has 168 valence electrons. The summed E-state index contributed by atoms with van der Waals surface area (Å²) in [7, 11) is 0. The minimum atomic E-state index is -0.382. The van der Waals surface area contributed by atoms with E-state index in [4.69, 9.17) is 5.73 Å². The van der Waals surface area contributed by atoms with Crippen LogP contribution in [0.5, 0.6) is 0 Å². The average Bonchev–Trinajstić information content (AvgIpc) is 3.26. The SMILES string of the molecule is NC(=O)C1CCN(c2ncccc2CNc2ccc3nnc(-c4ccccc4F)n3n2)CC1. The summed E-state index contributed by atoms with van der Waals surface area (Å²) >= 11 is 0. The lowest BCUT2D eigenvalue weighted by Gasteiger charge is -2.32. The molecule has 33 heavy (non-hydrogen) atoms. The molecule has 3 aromatic heterocycles. The Kier molecular flexibility index (Phi) is 5.55. The molecule has 1 aliphatic rings. The molecule has 1 saturated heterocycles. The number of nitrogens with two attached hydrogens (primary N) is 1. The average molecular weight is 446 g/mol. The smallest absolute Gasteiger partial charge is 0.220 e. The summed E-state index contributed by atoms with van der Waals surface area (Å²) in [6.45, 7) is 1.96. The summed E-state index contributed by atoms with van der Waals surface area (Å²) in [4.78, 5) is 18.2. The predicted octanol–water partition coefficient (Wildman–Crippen LogP) is 2.64. The number of carbonyl (C=O) groups is 1. The lowest BCUT2D eigenvalue weighted by molar-refractivity contribution is -0.122. The molecule has 1 aliphatic heterocycles. The third-order valence-corrected chi connectivity index (χ3v) is 5.90. The first-order valence-electron chi connectivity index (χ1n) is 10.8. The molecule has 3 N–H and O–H groups in total. The Morgan fingerprint density at radius 1 is 1.09 bits per heavy atom. The third kappa shape index (κ3) is 4.19. The van der Waals surface area contributed by atoms with Gasteiger partial charge in [0, 0.05) is 37.3 Å². The maximum Gasteiger partial charge on any atom is 0.220 e. The van der Waals surface area contributed by atoms with Crippen molar-refractivity contribution in [1.82, 2.24) is 24.8 Å². The van der Waals surface area contributed by atoms with Crippen molar-refractivity contribution in [2.45, 2.75) is 19.4 Å². The van der Waals surface area contributed by atoms with Crippen LogP contribution >= 0.6 is 0 Å². The highest BCUT2D eigenvalue weighted by Gasteiger charge is 2.25. The largest absolute Gasteiger partial charge is 0.369 e. The number of anilines is 2. The molecule has 4 heterocycles. The maximum atomic E-state index is 14.3. The maximum absolute atomic E-state index is 14.3. The molecule has 10 heteroatoms. The predicted molar refractivity (Wildman–Crippen MR) is 122 cm³/mol. The quantitative estimate of drug-likeness (QED) is 0.468. The van der Waals surface area contributed by atoms with Crippen molar-refractivity contribution in [1.29, 1.82) is 0 Å². The highest BCUT2D eigenvalue weighted by atomic mass is 19.1. The Labute approximate surface area is 189 Å². The van der Waals surface area contributed by atoms with Crippen LogP contribution in [0.2, 0.25) is 0 Å². The number of primary amides is 1. The van der Waals surface area contributed by atoms with Crippen LogP contribution < -0.4 is 16.0 Å². The number of pyridine rings is 1. The number of hydrogen-bond donors (Lipinski definition) is 2. The van der Waals surface area contributed by atoms with E-state index >= 15 is 0 Å². The summed E-state index contributed by atoms with van der Waals surface area (Å²) in [6, 6.07) is 13.9. The van der Waals surface area contributed by atoms with Gasteiger partial charge in [-0.25, -0.2) is 9.37 Å². The molecule has 4 aromatic rings. The number of amides is 1. The Hall–Kier alpha value is -4.08. The number of benzene rings is 1. The number of hydrogen-bond acceptors (Lipinski definition) is 7. The summed E-state index contributed by atoms with van der Waals surface area (Å²) in [5, 5.41) is 16.1. The van der Waals surface area contributed by atoms with Gasteiger partial charge in [0.15, 0.2) is 11.5 Å². The van der Waals surface area contributed by atoms with Crippen LogP contribution in [0.25, 0.3) is 17.0 Å². The van der Waals surface area contributed by atoms with Gasteiger partial charge in [-0.05, 0) is 43.2 Å². The number of rotatable bonds is 6. The first kappa shape index (κ1) is 20.8. The number of carbonyl (C=O) groups excluding carboxylic acids is 1. The number of halogens is 1. The van der Waals surface area contributed by atoms with Gasteiger partial charge in [-0.15, -0.1) is 15.3 Å². The van der Waals surface area contributed by atoms with Crippen LogP contribution in [0.4, 0.5) is 16.0 Å². The fourth-order valence-electron chi connectivity index (χ4n) is 4.11. The summed E-state index contributed by atoms with van der Waals surface area (Å²) in [5.74, 6) is 1.13. The van der Waals surface area contributed by atoms with E-state index in [0.717, 1.165) is 37.3 Å². The van der Waals surface area contributed by atoms with Crippen molar-refractivity contribution in [3.05, 3.63) is 66.1 Å². The standard InChI is InChI=1S/C23H23FN8O/c24-18-6-2-1-5-17(18)23-29-28-20-8-7-19(30-32(20)23)27-14-16-4-3-11-26-22(16)31-12-9-15(10-13-31)21(25)33/h1-8,11,15H,9-10,12-14H2,(H2,25,33)(H,27,30). The van der Waals surface area contributed by atoms with Crippen LogP contribution in [0.1, 0.15) is 18.4 Å². The second-order valence-corrected chi connectivity index (χ2v) is 8.00. The van der Waals surface area contributed by atoms with Gasteiger partial charge in [0.25, 0.3) is 0 Å². The van der Waals surface area contributed by atoms with Crippen molar-refractivity contribution in [3.8, 4) is 11.4 Å². The molecule has 0 radical (unpaired) electrons. The van der Waals surface area contributed by atoms with Crippen molar-refractivity contribution in [2.24, 2.45) is 11.7 Å². The summed E-state index contributed by atoms with van der Waals surface area (Å²) in [6.07, 6.45) is 3.22. The number of aromatic nitrogens is 5. The topological polar surface area (TPSA) is 114 Å². The highest BCUT2D eigenvalue weighted by Crippen LogP contribution is 2.25. The fraction of sp³-hybridized carbons (Fsp3) is 0.261. The van der Waals surface area contributed by atoms with Gasteiger partial charge < -0.3 is 16.0 Å². The van der Waals surface area contributed by atoms with Crippen molar-refractivity contribution in [3.63, 3.8) is 0 Å². The van der Waals surface area contributed by atoms with Crippen LogP contribution in [-0.2, 0) is 11.3 Å². The van der Waals surface area contributed by atoms with Gasteiger partial charge in [0.2, 0.25) is 5.91 Å². The number of piperidine rings is 1. The molecule has 0 spiro atoms. The van der Waals surface area contributed by atoms with Crippen molar-refractivity contribution >= 4 is 23.2 Å². The van der Waals surface area contributed by atoms with E-state index in [9.17, 15) is 9.18 Å². The van der Waals surface area contributed by atoms with Gasteiger partial charge >= 0.3 is 0 Å². The summed E-state index contributed by atoms with van der Waals surface area (Å²) in [5.41, 5.74) is 7.33. The van der Waals surface area contributed by atoms with Crippen LogP contribution in [0.15, 0.2) is 54.7 Å². The highest BCUT2D eigenvalue weighted by molar-refractivity contribution is 5.77. The Morgan fingerprint density at radius 3 is 2.70 bits per heavy atom. The molecular weight excluding hydrogens is 423 g/mol. The van der Waals surface area contributed by atoms with E-state index in [-0.39, 0.29) is 17.6 Å². The number of nitrogens with zero attached hydrogens (tertiary/aromatic N) is 6. The zero-order chi connectivity index (χ0) is 22.8. The molecule has 0 atom stereocenters. The summed E-state index contributed by atoms with van der Waals surface area (Å²) < 4.78 is 15.8. The van der Waals surface area contributed by atoms with E-state index in [0.29, 0.717) is 29.4 Å². The zero-order valence-electron chi connectivity index (χ0n) is 17.9. The van der Waals surface area contributed by atoms with Crippen LogP contribution in [0, 0.1) is 11.7 Å². The van der Waals surface area contributed by atoms with Gasteiger partial charge in [-0.1, -0.05) is 18.2 Å². The Balaban J connectivity index is 1.35. The van der Waals surface area contributed by atoms with Gasteiger partial charge in [-0.2, -0.15) is 4.52 Å². The van der Waals surface area contributed by atoms with E-state index in [1.54, 1.807) is 30.5 Å².